The molecule has 28 heavy (non-hydrogen) atoms. The van der Waals surface area contributed by atoms with Gasteiger partial charge in [0.05, 0.1) is 23.9 Å². The average molecular weight is 391 g/mol. The van der Waals surface area contributed by atoms with Gasteiger partial charge >= 0.3 is 0 Å². The van der Waals surface area contributed by atoms with Crippen molar-refractivity contribution in [1.82, 2.24) is 0 Å². The highest BCUT2D eigenvalue weighted by molar-refractivity contribution is 6.31. The first-order valence-corrected chi connectivity index (χ1v) is 9.84. The van der Waals surface area contributed by atoms with Gasteiger partial charge in [0.1, 0.15) is 5.92 Å². The number of nitrogens with one attached hydrogen (secondary N) is 1. The summed E-state index contributed by atoms with van der Waals surface area (Å²) in [4.78, 5) is 0. The summed E-state index contributed by atoms with van der Waals surface area (Å²) in [6, 6.07) is 13.7. The van der Waals surface area contributed by atoms with Gasteiger partial charge in [0, 0.05) is 10.9 Å². The molecule has 0 radical (unpaired) electrons. The maximum absolute atomic E-state index is 10.1. The Hall–Kier alpha value is -2.61. The fourth-order valence-corrected chi connectivity index (χ4v) is 5.05. The number of benzene rings is 1. The van der Waals surface area contributed by atoms with Crippen molar-refractivity contribution < 1.29 is 0 Å². The number of allylic oxidation sites excluding steroid dienone is 2. The lowest BCUT2D eigenvalue weighted by Gasteiger charge is -2.49. The number of nitriles is 3. The van der Waals surface area contributed by atoms with Gasteiger partial charge in [-0.25, -0.2) is 0 Å². The van der Waals surface area contributed by atoms with E-state index >= 15 is 0 Å². The molecule has 4 atom stereocenters. The van der Waals surface area contributed by atoms with Crippen molar-refractivity contribution in [3.05, 3.63) is 46.5 Å². The van der Waals surface area contributed by atoms with Crippen LogP contribution in [0.2, 0.25) is 5.02 Å². The Morgan fingerprint density at radius 3 is 2.32 bits per heavy atom. The zero-order valence-electron chi connectivity index (χ0n) is 16.3. The van der Waals surface area contributed by atoms with Gasteiger partial charge in [0.15, 0.2) is 5.41 Å². The number of halogens is 1. The number of nitrogens with zero attached hydrogens (tertiary/aromatic N) is 3. The Morgan fingerprint density at radius 1 is 1.14 bits per heavy atom. The molecular formula is C23H23ClN4. The molecule has 1 aromatic carbocycles. The number of hydrogen-bond acceptors (Lipinski definition) is 4. The van der Waals surface area contributed by atoms with Gasteiger partial charge < -0.3 is 5.41 Å². The molecule has 1 unspecified atom stereocenters. The van der Waals surface area contributed by atoms with Crippen molar-refractivity contribution in [2.24, 2.45) is 28.6 Å². The summed E-state index contributed by atoms with van der Waals surface area (Å²) in [5.41, 5.74) is -0.186. The normalized spacial score (nSPS) is 28.9. The largest absolute Gasteiger partial charge is 0.305 e. The van der Waals surface area contributed by atoms with E-state index in [-0.39, 0.29) is 17.0 Å². The molecular weight excluding hydrogens is 368 g/mol. The predicted octanol–water partition coefficient (Wildman–Crippen LogP) is 5.63. The van der Waals surface area contributed by atoms with Crippen LogP contribution in [-0.4, -0.2) is 5.71 Å². The molecule has 0 heterocycles. The quantitative estimate of drug-likeness (QED) is 0.629. The van der Waals surface area contributed by atoms with Gasteiger partial charge in [-0.1, -0.05) is 56.6 Å². The van der Waals surface area contributed by atoms with Crippen LogP contribution >= 0.6 is 11.6 Å². The van der Waals surface area contributed by atoms with Crippen molar-refractivity contribution in [2.45, 2.75) is 39.5 Å². The minimum Gasteiger partial charge on any atom is -0.305 e. The summed E-state index contributed by atoms with van der Waals surface area (Å²) < 4.78 is 0. The summed E-state index contributed by atoms with van der Waals surface area (Å²) in [6.07, 6.45) is 3.68. The van der Waals surface area contributed by atoms with Crippen molar-refractivity contribution in [2.75, 3.05) is 0 Å². The van der Waals surface area contributed by atoms with Gasteiger partial charge in [-0.2, -0.15) is 15.8 Å². The molecule has 2 aliphatic rings. The summed E-state index contributed by atoms with van der Waals surface area (Å²) in [5.74, 6) is -1.21. The number of fused-ring (bicyclic) bond motifs is 1. The van der Waals surface area contributed by atoms with Crippen molar-refractivity contribution in [3.8, 4) is 18.2 Å². The predicted molar refractivity (Wildman–Crippen MR) is 108 cm³/mol. The van der Waals surface area contributed by atoms with Crippen LogP contribution in [0.15, 0.2) is 35.9 Å². The van der Waals surface area contributed by atoms with Crippen LogP contribution in [0.25, 0.3) is 0 Å². The molecule has 5 heteroatoms. The van der Waals surface area contributed by atoms with E-state index in [0.29, 0.717) is 16.5 Å². The van der Waals surface area contributed by atoms with E-state index in [2.05, 4.69) is 45.1 Å². The van der Waals surface area contributed by atoms with E-state index in [0.717, 1.165) is 18.4 Å². The lowest BCUT2D eigenvalue weighted by atomic mass is 9.51. The minimum atomic E-state index is -1.70. The molecule has 0 bridgehead atoms. The van der Waals surface area contributed by atoms with Crippen molar-refractivity contribution >= 4 is 17.3 Å². The van der Waals surface area contributed by atoms with E-state index in [1.165, 1.54) is 0 Å². The maximum Gasteiger partial charge on any atom is 0.189 e. The van der Waals surface area contributed by atoms with Gasteiger partial charge in [-0.3, -0.25) is 0 Å². The smallest absolute Gasteiger partial charge is 0.189 e. The Balaban J connectivity index is 2.28. The summed E-state index contributed by atoms with van der Waals surface area (Å²) in [6.45, 7) is 6.57. The first-order chi connectivity index (χ1) is 13.2. The van der Waals surface area contributed by atoms with Crippen LogP contribution in [0.4, 0.5) is 0 Å². The standard InChI is InChI=1S/C23H23ClN4/c1-22(2,3)14-8-9-15-17(10-14)20(16-6-4-5-7-19(16)24)23(12-26,13-27)21(28)18(15)11-25/h4-7,9,14,17-18,20,28H,8,10H2,1-3H3/t14-,17+,18?,20+/m1/s1. The molecule has 142 valence electrons. The van der Waals surface area contributed by atoms with E-state index in [4.69, 9.17) is 17.0 Å². The third-order valence-corrected chi connectivity index (χ3v) is 6.81. The Labute approximate surface area is 171 Å². The summed E-state index contributed by atoms with van der Waals surface area (Å²) >= 11 is 6.50. The van der Waals surface area contributed by atoms with Crippen LogP contribution in [0.5, 0.6) is 0 Å². The molecule has 4 nitrogen and oxygen atoms in total. The second kappa shape index (κ2) is 7.09. The Kier molecular flexibility index (Phi) is 5.10. The monoisotopic (exact) mass is 390 g/mol. The SMILES string of the molecule is CC(C)(C)[C@@H]1CC=C2C(C#N)C(=N)C(C#N)(C#N)[C@@H](c3ccccc3Cl)[C@H]2C1. The lowest BCUT2D eigenvalue weighted by molar-refractivity contribution is 0.168. The minimum absolute atomic E-state index is 0.0576. The summed E-state index contributed by atoms with van der Waals surface area (Å²) in [7, 11) is 0. The third-order valence-electron chi connectivity index (χ3n) is 6.47. The highest BCUT2D eigenvalue weighted by Gasteiger charge is 2.58. The molecule has 0 saturated heterocycles. The number of rotatable bonds is 1. The van der Waals surface area contributed by atoms with E-state index in [1.807, 2.05) is 18.2 Å². The van der Waals surface area contributed by atoms with Crippen LogP contribution < -0.4 is 0 Å². The van der Waals surface area contributed by atoms with Gasteiger partial charge in [0.2, 0.25) is 0 Å². The van der Waals surface area contributed by atoms with Gasteiger partial charge in [-0.05, 0) is 47.3 Å². The zero-order valence-corrected chi connectivity index (χ0v) is 17.1. The molecule has 0 aliphatic heterocycles. The fraction of sp³-hybridized carbons (Fsp3) is 0.478. The third kappa shape index (κ3) is 2.92. The fourth-order valence-electron chi connectivity index (χ4n) is 4.80. The summed E-state index contributed by atoms with van der Waals surface area (Å²) in [5, 5.41) is 39.1. The lowest BCUT2D eigenvalue weighted by Crippen LogP contribution is -2.50. The van der Waals surface area contributed by atoms with Gasteiger partial charge in [-0.15, -0.1) is 0 Å². The molecule has 0 spiro atoms. The first kappa shape index (κ1) is 20.1. The average Bonchev–Trinajstić information content (AvgIpc) is 2.67. The maximum atomic E-state index is 10.1. The topological polar surface area (TPSA) is 95.2 Å². The van der Waals surface area contributed by atoms with Crippen molar-refractivity contribution in [1.29, 1.82) is 21.2 Å². The molecule has 0 aromatic heterocycles. The molecule has 0 amide bonds. The molecule has 1 saturated carbocycles. The van der Waals surface area contributed by atoms with E-state index < -0.39 is 17.3 Å². The Bertz CT molecular complexity index is 950. The number of hydrogen-bond donors (Lipinski definition) is 1. The van der Waals surface area contributed by atoms with E-state index in [1.54, 1.807) is 6.07 Å². The second-order valence-corrected chi connectivity index (χ2v) is 9.26. The van der Waals surface area contributed by atoms with E-state index in [9.17, 15) is 15.8 Å². The zero-order chi connectivity index (χ0) is 20.7. The molecule has 2 aliphatic carbocycles. The molecule has 1 aromatic rings. The van der Waals surface area contributed by atoms with Crippen LogP contribution in [0.1, 0.15) is 45.1 Å². The first-order valence-electron chi connectivity index (χ1n) is 9.46. The van der Waals surface area contributed by atoms with Crippen LogP contribution in [0.3, 0.4) is 0 Å². The highest BCUT2D eigenvalue weighted by Crippen LogP contribution is 2.58. The van der Waals surface area contributed by atoms with Crippen LogP contribution in [0, 0.1) is 68.0 Å². The van der Waals surface area contributed by atoms with Crippen molar-refractivity contribution in [3.63, 3.8) is 0 Å². The second-order valence-electron chi connectivity index (χ2n) is 8.85. The van der Waals surface area contributed by atoms with Gasteiger partial charge in [0.25, 0.3) is 0 Å². The Morgan fingerprint density at radius 2 is 1.79 bits per heavy atom. The molecule has 1 N–H and O–H groups in total. The van der Waals surface area contributed by atoms with Crippen LogP contribution in [-0.2, 0) is 0 Å². The molecule has 3 rings (SSSR count). The molecule has 1 fully saturated rings. The highest BCUT2D eigenvalue weighted by atomic mass is 35.5.